The second-order valence-corrected chi connectivity index (χ2v) is 11.8. The summed E-state index contributed by atoms with van der Waals surface area (Å²) in [5, 5.41) is 54.9. The van der Waals surface area contributed by atoms with Gasteiger partial charge in [-0.15, -0.1) is 0 Å². The summed E-state index contributed by atoms with van der Waals surface area (Å²) in [4.78, 5) is 42.7. The number of likely N-dealkylation sites (N-methyl/N-ethyl adjacent to an activating group) is 1. The molecule has 40 heavy (non-hydrogen) atoms. The van der Waals surface area contributed by atoms with Crippen molar-refractivity contribution in [1.82, 2.24) is 4.90 Å². The van der Waals surface area contributed by atoms with Gasteiger partial charge in [0, 0.05) is 37.9 Å². The lowest BCUT2D eigenvalue weighted by atomic mass is 9.57. The van der Waals surface area contributed by atoms with Crippen LogP contribution >= 0.6 is 0 Å². The number of benzene rings is 1. The number of nitrogens with zero attached hydrogens (tertiary/aromatic N) is 2. The number of hydrogen-bond donors (Lipinski definition) is 6. The van der Waals surface area contributed by atoms with Crippen molar-refractivity contribution in [2.75, 3.05) is 39.7 Å². The minimum absolute atomic E-state index is 0.0415. The molecule has 11 heteroatoms. The van der Waals surface area contributed by atoms with Crippen molar-refractivity contribution in [3.05, 3.63) is 39.7 Å². The second kappa shape index (κ2) is 10.5. The van der Waals surface area contributed by atoms with Gasteiger partial charge >= 0.3 is 0 Å². The summed E-state index contributed by atoms with van der Waals surface area (Å²) < 4.78 is 0. The van der Waals surface area contributed by atoms with Crippen LogP contribution in [0.5, 0.6) is 5.75 Å². The molecule has 0 aromatic heterocycles. The molecule has 1 amide bonds. The number of aromatic hydroxyl groups is 1. The predicted octanol–water partition coefficient (Wildman–Crippen LogP) is 0.981. The number of fused-ring (bicyclic) bond motifs is 3. The van der Waals surface area contributed by atoms with Gasteiger partial charge in [-0.2, -0.15) is 0 Å². The number of ketones is 2. The van der Waals surface area contributed by atoms with Crippen LogP contribution in [0.2, 0.25) is 0 Å². The maximum absolute atomic E-state index is 14.0. The molecule has 0 heterocycles. The number of nitrogens with two attached hydrogens (primary N) is 1. The summed E-state index contributed by atoms with van der Waals surface area (Å²) in [6.45, 7) is 2.05. The fourth-order valence-corrected chi connectivity index (χ4v) is 6.70. The molecule has 0 bridgehead atoms. The van der Waals surface area contributed by atoms with E-state index in [2.05, 4.69) is 0 Å². The van der Waals surface area contributed by atoms with Crippen LogP contribution in [0.3, 0.4) is 0 Å². The van der Waals surface area contributed by atoms with Gasteiger partial charge in [-0.25, -0.2) is 0 Å². The Morgan fingerprint density at radius 3 is 2.35 bits per heavy atom. The zero-order valence-corrected chi connectivity index (χ0v) is 23.6. The lowest BCUT2D eigenvalue weighted by Crippen LogP contribution is -2.65. The molecule has 1 unspecified atom stereocenters. The number of carbonyl (C=O) groups is 3. The van der Waals surface area contributed by atoms with Crippen LogP contribution in [0.15, 0.2) is 23.0 Å². The zero-order valence-electron chi connectivity index (χ0n) is 23.6. The van der Waals surface area contributed by atoms with E-state index in [-0.39, 0.29) is 42.3 Å². The third kappa shape index (κ3) is 4.36. The number of primary amides is 1. The van der Waals surface area contributed by atoms with E-state index < -0.39 is 58.0 Å². The maximum Gasteiger partial charge on any atom is 0.255 e. The van der Waals surface area contributed by atoms with Crippen molar-refractivity contribution in [3.8, 4) is 5.75 Å². The largest absolute Gasteiger partial charge is 0.508 e. The van der Waals surface area contributed by atoms with E-state index in [1.54, 1.807) is 14.1 Å². The van der Waals surface area contributed by atoms with E-state index in [0.717, 1.165) is 5.69 Å². The number of aliphatic hydroxyl groups is 4. The van der Waals surface area contributed by atoms with Crippen LogP contribution in [0, 0.1) is 17.8 Å². The first-order valence-corrected chi connectivity index (χ1v) is 13.5. The van der Waals surface area contributed by atoms with Gasteiger partial charge in [0.1, 0.15) is 22.8 Å². The number of amides is 1. The maximum atomic E-state index is 14.0. The summed E-state index contributed by atoms with van der Waals surface area (Å²) in [5.41, 5.74) is 3.74. The van der Waals surface area contributed by atoms with Crippen molar-refractivity contribution in [1.29, 1.82) is 0 Å². The van der Waals surface area contributed by atoms with Crippen LogP contribution in [-0.2, 0) is 27.2 Å². The van der Waals surface area contributed by atoms with Crippen LogP contribution in [0.4, 0.5) is 5.69 Å². The molecule has 0 radical (unpaired) electrons. The zero-order chi connectivity index (χ0) is 29.8. The highest BCUT2D eigenvalue weighted by Crippen LogP contribution is 2.54. The van der Waals surface area contributed by atoms with Gasteiger partial charge in [-0.3, -0.25) is 19.3 Å². The van der Waals surface area contributed by atoms with Crippen molar-refractivity contribution in [2.45, 2.75) is 50.7 Å². The molecule has 3 aliphatic carbocycles. The average molecular weight is 558 g/mol. The Labute approximate surface area is 233 Å². The number of rotatable bonds is 8. The highest BCUT2D eigenvalue weighted by molar-refractivity contribution is 6.24. The quantitative estimate of drug-likeness (QED) is 0.252. The Kier molecular flexibility index (Phi) is 7.78. The number of phenols is 1. The number of Topliss-reactive ketones (excluding diaryl/α,β-unsaturated/α-hetero) is 2. The van der Waals surface area contributed by atoms with Crippen molar-refractivity contribution in [2.24, 2.45) is 23.5 Å². The average Bonchev–Trinajstić information content (AvgIpc) is 2.85. The van der Waals surface area contributed by atoms with Crippen LogP contribution in [-0.4, -0.2) is 94.3 Å². The lowest BCUT2D eigenvalue weighted by molar-refractivity contribution is -0.153. The summed E-state index contributed by atoms with van der Waals surface area (Å²) in [6.07, 6.45) is 2.02. The molecule has 0 saturated heterocycles. The van der Waals surface area contributed by atoms with E-state index in [1.165, 1.54) is 4.90 Å². The third-order valence-corrected chi connectivity index (χ3v) is 8.79. The molecule has 3 aliphatic rings. The molecule has 0 spiro atoms. The molecule has 1 aromatic rings. The number of aryl methyl sites for hydroxylation is 1. The third-order valence-electron chi connectivity index (χ3n) is 8.79. The molecule has 1 saturated carbocycles. The minimum atomic E-state index is -2.66. The van der Waals surface area contributed by atoms with Crippen LogP contribution in [0.25, 0.3) is 5.76 Å². The van der Waals surface area contributed by atoms with Gasteiger partial charge in [0.15, 0.2) is 11.4 Å². The van der Waals surface area contributed by atoms with E-state index in [0.29, 0.717) is 30.4 Å². The molecule has 0 aliphatic heterocycles. The molecule has 1 fully saturated rings. The molecular weight excluding hydrogens is 518 g/mol. The fraction of sp³-hybridized carbons (Fsp3) is 0.552. The molecular formula is C29H39N3O8. The molecule has 4 rings (SSSR count). The van der Waals surface area contributed by atoms with Gasteiger partial charge in [-0.1, -0.05) is 6.92 Å². The Hall–Kier alpha value is -3.41. The first kappa shape index (κ1) is 29.6. The Bertz CT molecular complexity index is 1330. The SMILES string of the molecule is CC(CCO)CCc1cc(N(C)C)c2c(c1O)C(O)=C1C(=O)[C@]3(O)C(O)=C(C(N)=O)C(=O)[C@H](N(C)C)[C@@H]3C[C@H]1C2. The fourth-order valence-electron chi connectivity index (χ4n) is 6.70. The first-order chi connectivity index (χ1) is 18.7. The molecule has 1 aromatic carbocycles. The Balaban J connectivity index is 1.91. The molecule has 5 atom stereocenters. The molecule has 218 valence electrons. The van der Waals surface area contributed by atoms with Crippen LogP contribution < -0.4 is 10.6 Å². The van der Waals surface area contributed by atoms with Crippen LogP contribution in [0.1, 0.15) is 42.9 Å². The standard InChI is InChI=1S/C29H39N3O8/c1-13(8-9-33)6-7-14-12-18(31(2)3)16-10-15-11-17-22(32(4)5)25(36)21(28(30)39)27(38)29(17,40)26(37)19(15)24(35)20(16)23(14)34/h12-13,15,17,22,33-35,38,40H,6-11H2,1-5H3,(H2,30,39)/t13?,15-,17+,22-,29+/m1/s1. The number of aliphatic hydroxyl groups excluding tert-OH is 3. The van der Waals surface area contributed by atoms with E-state index in [4.69, 9.17) is 5.73 Å². The van der Waals surface area contributed by atoms with Crippen molar-refractivity contribution >= 4 is 28.9 Å². The number of hydrogen-bond acceptors (Lipinski definition) is 10. The first-order valence-electron chi connectivity index (χ1n) is 13.5. The number of phenolic OH excluding ortho intramolecular Hbond substituents is 1. The van der Waals surface area contributed by atoms with Gasteiger partial charge in [-0.05, 0) is 75.2 Å². The smallest absolute Gasteiger partial charge is 0.255 e. The van der Waals surface area contributed by atoms with E-state index >= 15 is 0 Å². The highest BCUT2D eigenvalue weighted by Gasteiger charge is 2.64. The Morgan fingerprint density at radius 1 is 1.15 bits per heavy atom. The summed E-state index contributed by atoms with van der Waals surface area (Å²) in [7, 11) is 6.81. The van der Waals surface area contributed by atoms with Gasteiger partial charge < -0.3 is 36.2 Å². The number of anilines is 1. The highest BCUT2D eigenvalue weighted by atomic mass is 16.3. The topological polar surface area (TPSA) is 185 Å². The lowest BCUT2D eigenvalue weighted by Gasteiger charge is -2.50. The van der Waals surface area contributed by atoms with Crippen molar-refractivity contribution < 1.29 is 39.9 Å². The molecule has 7 N–H and O–H groups in total. The predicted molar refractivity (Wildman–Crippen MR) is 148 cm³/mol. The second-order valence-electron chi connectivity index (χ2n) is 11.8. The summed E-state index contributed by atoms with van der Waals surface area (Å²) in [5.74, 6) is -6.40. The molecule has 11 nitrogen and oxygen atoms in total. The number of carbonyl (C=O) groups excluding carboxylic acids is 3. The minimum Gasteiger partial charge on any atom is -0.508 e. The Morgan fingerprint density at radius 2 is 1.80 bits per heavy atom. The van der Waals surface area contributed by atoms with E-state index in [1.807, 2.05) is 32.0 Å². The van der Waals surface area contributed by atoms with Crippen molar-refractivity contribution in [3.63, 3.8) is 0 Å². The normalized spacial score (nSPS) is 26.9. The monoisotopic (exact) mass is 557 g/mol. The van der Waals surface area contributed by atoms with E-state index in [9.17, 15) is 39.9 Å². The van der Waals surface area contributed by atoms with Gasteiger partial charge in [0.25, 0.3) is 5.91 Å². The summed E-state index contributed by atoms with van der Waals surface area (Å²) in [6, 6.07) is 0.738. The summed E-state index contributed by atoms with van der Waals surface area (Å²) >= 11 is 0. The van der Waals surface area contributed by atoms with Gasteiger partial charge in [0.05, 0.1) is 11.6 Å². The van der Waals surface area contributed by atoms with Gasteiger partial charge in [0.2, 0.25) is 5.78 Å².